The van der Waals surface area contributed by atoms with Gasteiger partial charge in [0.25, 0.3) is 0 Å². The number of anilines is 1. The van der Waals surface area contributed by atoms with E-state index in [-0.39, 0.29) is 11.3 Å². The van der Waals surface area contributed by atoms with Crippen LogP contribution >= 0.6 is 11.6 Å². The van der Waals surface area contributed by atoms with Gasteiger partial charge in [-0.05, 0) is 24.3 Å². The Hall–Kier alpha value is -1.15. The van der Waals surface area contributed by atoms with Crippen molar-refractivity contribution in [3.63, 3.8) is 0 Å². The zero-order chi connectivity index (χ0) is 8.55. The monoisotopic (exact) mass is 181 g/mol. The van der Waals surface area contributed by atoms with E-state index in [1.54, 1.807) is 12.1 Å². The largest absolute Gasteiger partial charge is 0.508 e. The summed E-state index contributed by atoms with van der Waals surface area (Å²) in [6.45, 7) is 0. The molecule has 3 heteroatoms. The average molecular weight is 182 g/mol. The van der Waals surface area contributed by atoms with Crippen LogP contribution in [0.1, 0.15) is 5.56 Å². The Bertz CT molecular complexity index is 335. The zero-order valence-corrected chi connectivity index (χ0v) is 7.05. The molecule has 1 aliphatic rings. The van der Waals surface area contributed by atoms with Crippen molar-refractivity contribution in [2.24, 2.45) is 0 Å². The maximum absolute atomic E-state index is 9.16. The van der Waals surface area contributed by atoms with E-state index in [1.807, 2.05) is 18.2 Å². The molecule has 1 aromatic carbocycles. The second-order valence-corrected chi connectivity index (χ2v) is 3.15. The van der Waals surface area contributed by atoms with Crippen molar-refractivity contribution < 1.29 is 5.11 Å². The summed E-state index contributed by atoms with van der Waals surface area (Å²) >= 11 is 5.82. The summed E-state index contributed by atoms with van der Waals surface area (Å²) in [6, 6.07) is 5.14. The van der Waals surface area contributed by atoms with Crippen molar-refractivity contribution in [1.29, 1.82) is 0 Å². The number of halogens is 1. The fraction of sp³-hybridized carbons (Fsp3) is 0.111. The number of benzene rings is 1. The highest BCUT2D eigenvalue weighted by Gasteiger charge is 2.09. The van der Waals surface area contributed by atoms with Gasteiger partial charge in [-0.3, -0.25) is 0 Å². The van der Waals surface area contributed by atoms with Gasteiger partial charge in [0.15, 0.2) is 0 Å². The fourth-order valence-corrected chi connectivity index (χ4v) is 1.39. The summed E-state index contributed by atoms with van der Waals surface area (Å²) in [5, 5.41) is 12.2. The molecule has 0 amide bonds. The Morgan fingerprint density at radius 1 is 1.42 bits per heavy atom. The van der Waals surface area contributed by atoms with Gasteiger partial charge in [0.1, 0.15) is 11.3 Å². The lowest BCUT2D eigenvalue weighted by atomic mass is 10.1. The first-order valence-electron chi connectivity index (χ1n) is 3.67. The molecule has 0 bridgehead atoms. The van der Waals surface area contributed by atoms with E-state index in [9.17, 15) is 0 Å². The maximum Gasteiger partial charge on any atom is 0.120 e. The summed E-state index contributed by atoms with van der Waals surface area (Å²) in [4.78, 5) is 0. The topological polar surface area (TPSA) is 32.3 Å². The number of aromatic hydroxyl groups is 1. The molecule has 0 radical (unpaired) electrons. The molecule has 2 nitrogen and oxygen atoms in total. The maximum atomic E-state index is 9.16. The number of hydrogen-bond acceptors (Lipinski definition) is 2. The minimum Gasteiger partial charge on any atom is -0.508 e. The van der Waals surface area contributed by atoms with Crippen LogP contribution in [0, 0.1) is 0 Å². The Balaban J connectivity index is 2.47. The van der Waals surface area contributed by atoms with E-state index < -0.39 is 0 Å². The summed E-state index contributed by atoms with van der Waals surface area (Å²) in [5.41, 5.74) is 1.77. The molecule has 1 unspecified atom stereocenters. The molecule has 12 heavy (non-hydrogen) atoms. The van der Waals surface area contributed by atoms with Crippen molar-refractivity contribution in [2.45, 2.75) is 5.50 Å². The van der Waals surface area contributed by atoms with Crippen LogP contribution in [0.15, 0.2) is 24.3 Å². The van der Waals surface area contributed by atoms with Gasteiger partial charge in [-0.2, -0.15) is 0 Å². The highest BCUT2D eigenvalue weighted by atomic mass is 35.5. The van der Waals surface area contributed by atoms with E-state index in [0.717, 1.165) is 11.3 Å². The molecule has 1 aliphatic heterocycles. The lowest BCUT2D eigenvalue weighted by Crippen LogP contribution is -2.12. The molecular weight excluding hydrogens is 174 g/mol. The molecule has 1 heterocycles. The van der Waals surface area contributed by atoms with Crippen molar-refractivity contribution in [2.75, 3.05) is 5.32 Å². The molecular formula is C9H8ClNO. The van der Waals surface area contributed by atoms with Crippen molar-refractivity contribution in [1.82, 2.24) is 0 Å². The van der Waals surface area contributed by atoms with Gasteiger partial charge in [0.2, 0.25) is 0 Å². The molecule has 0 aromatic heterocycles. The number of fused-ring (bicyclic) bond motifs is 1. The van der Waals surface area contributed by atoms with Crippen LogP contribution in [0.3, 0.4) is 0 Å². The molecule has 0 spiro atoms. The van der Waals surface area contributed by atoms with Crippen LogP contribution in [0.25, 0.3) is 6.08 Å². The van der Waals surface area contributed by atoms with Crippen molar-refractivity contribution >= 4 is 23.4 Å². The molecule has 1 atom stereocenters. The first kappa shape index (κ1) is 7.50. The third-order valence-corrected chi connectivity index (χ3v) is 2.03. The standard InChI is InChI=1S/C9H8ClNO/c10-9-4-1-6-5-7(12)2-3-8(6)11-9/h1-5,9,11-12H. The average Bonchev–Trinajstić information content (AvgIpc) is 2.05. The molecule has 0 saturated heterocycles. The van der Waals surface area contributed by atoms with Gasteiger partial charge < -0.3 is 10.4 Å². The first-order chi connectivity index (χ1) is 5.75. The lowest BCUT2D eigenvalue weighted by Gasteiger charge is -2.16. The Morgan fingerprint density at radius 2 is 2.25 bits per heavy atom. The molecule has 2 N–H and O–H groups in total. The van der Waals surface area contributed by atoms with Crippen LogP contribution in [0.4, 0.5) is 5.69 Å². The highest BCUT2D eigenvalue weighted by Crippen LogP contribution is 2.27. The van der Waals surface area contributed by atoms with Gasteiger partial charge in [-0.1, -0.05) is 17.7 Å². The first-order valence-corrected chi connectivity index (χ1v) is 4.11. The molecule has 0 fully saturated rings. The predicted octanol–water partition coefficient (Wildman–Crippen LogP) is 2.40. The van der Waals surface area contributed by atoms with E-state index in [1.165, 1.54) is 0 Å². The smallest absolute Gasteiger partial charge is 0.120 e. The number of hydrogen-bond donors (Lipinski definition) is 2. The quantitative estimate of drug-likeness (QED) is 0.366. The minimum absolute atomic E-state index is 0.151. The highest BCUT2D eigenvalue weighted by molar-refractivity contribution is 6.23. The van der Waals surface area contributed by atoms with E-state index >= 15 is 0 Å². The third kappa shape index (κ3) is 1.25. The van der Waals surface area contributed by atoms with Crippen LogP contribution < -0.4 is 5.32 Å². The molecule has 62 valence electrons. The second kappa shape index (κ2) is 2.72. The van der Waals surface area contributed by atoms with Crippen LogP contribution in [-0.4, -0.2) is 10.6 Å². The van der Waals surface area contributed by atoms with Gasteiger partial charge in [0, 0.05) is 11.3 Å². The van der Waals surface area contributed by atoms with E-state index in [4.69, 9.17) is 16.7 Å². The van der Waals surface area contributed by atoms with Crippen molar-refractivity contribution in [3.8, 4) is 5.75 Å². The van der Waals surface area contributed by atoms with E-state index in [0.29, 0.717) is 0 Å². The predicted molar refractivity (Wildman–Crippen MR) is 50.4 cm³/mol. The van der Waals surface area contributed by atoms with Gasteiger partial charge in [-0.15, -0.1) is 0 Å². The van der Waals surface area contributed by atoms with Crippen LogP contribution in [0.2, 0.25) is 0 Å². The Kier molecular flexibility index (Phi) is 1.70. The minimum atomic E-state index is -0.151. The Labute approximate surface area is 75.5 Å². The summed E-state index contributed by atoms with van der Waals surface area (Å²) in [5.74, 6) is 0.272. The zero-order valence-electron chi connectivity index (χ0n) is 6.29. The fourth-order valence-electron chi connectivity index (χ4n) is 1.20. The van der Waals surface area contributed by atoms with Crippen LogP contribution in [-0.2, 0) is 0 Å². The summed E-state index contributed by atoms with van der Waals surface area (Å²) < 4.78 is 0. The molecule has 1 aromatic rings. The number of alkyl halides is 1. The third-order valence-electron chi connectivity index (χ3n) is 1.77. The summed E-state index contributed by atoms with van der Waals surface area (Å²) in [6.07, 6.45) is 3.73. The number of rotatable bonds is 0. The number of phenolic OH excluding ortho intramolecular Hbond substituents is 1. The van der Waals surface area contributed by atoms with Crippen LogP contribution in [0.5, 0.6) is 5.75 Å². The SMILES string of the molecule is Oc1ccc2c(c1)C=CC(Cl)N2. The van der Waals surface area contributed by atoms with Gasteiger partial charge >= 0.3 is 0 Å². The normalized spacial score (nSPS) is 19.9. The van der Waals surface area contributed by atoms with E-state index in [2.05, 4.69) is 5.32 Å². The Morgan fingerprint density at radius 3 is 3.08 bits per heavy atom. The van der Waals surface area contributed by atoms with Gasteiger partial charge in [-0.25, -0.2) is 0 Å². The van der Waals surface area contributed by atoms with Crippen molar-refractivity contribution in [3.05, 3.63) is 29.8 Å². The van der Waals surface area contributed by atoms with Gasteiger partial charge in [0.05, 0.1) is 0 Å². The number of phenols is 1. The molecule has 0 aliphatic carbocycles. The summed E-state index contributed by atoms with van der Waals surface area (Å²) in [7, 11) is 0. The lowest BCUT2D eigenvalue weighted by molar-refractivity contribution is 0.475. The second-order valence-electron chi connectivity index (χ2n) is 2.68. The molecule has 2 rings (SSSR count). The number of nitrogens with one attached hydrogen (secondary N) is 1. The molecule has 0 saturated carbocycles.